The van der Waals surface area contributed by atoms with Crippen LogP contribution in [0.3, 0.4) is 0 Å². The number of carboxylic acids is 1. The van der Waals surface area contributed by atoms with Crippen LogP contribution in [0, 0.1) is 11.3 Å². The smallest absolute Gasteiger partial charge is 0.310 e. The third-order valence-electron chi connectivity index (χ3n) is 4.26. The molecule has 0 heterocycles. The maximum absolute atomic E-state index is 12.6. The van der Waals surface area contributed by atoms with E-state index in [-0.39, 0.29) is 12.3 Å². The van der Waals surface area contributed by atoms with Crippen LogP contribution in [0.5, 0.6) is 0 Å². The summed E-state index contributed by atoms with van der Waals surface area (Å²) in [6, 6.07) is 0. The maximum Gasteiger partial charge on any atom is 0.310 e. The van der Waals surface area contributed by atoms with Gasteiger partial charge in [-0.3, -0.25) is 9.59 Å². The second-order valence-corrected chi connectivity index (χ2v) is 6.55. The highest BCUT2D eigenvalue weighted by Gasteiger charge is 2.42. The standard InChI is InChI=1S/C16H29NO4/c1-13(2)12-17(9-10-21-3)14(18)11-16(15(19)20)7-5-4-6-8-16/h13H,4-12H2,1-3H3,(H,19,20). The normalized spacial score (nSPS) is 17.7. The van der Waals surface area contributed by atoms with Crippen LogP contribution in [0.25, 0.3) is 0 Å². The number of amides is 1. The lowest BCUT2D eigenvalue weighted by Gasteiger charge is -2.35. The van der Waals surface area contributed by atoms with Gasteiger partial charge in [0.15, 0.2) is 0 Å². The van der Waals surface area contributed by atoms with E-state index in [1.165, 1.54) is 0 Å². The average molecular weight is 299 g/mol. The van der Waals surface area contributed by atoms with Gasteiger partial charge < -0.3 is 14.7 Å². The molecule has 0 aromatic carbocycles. The lowest BCUT2D eigenvalue weighted by Crippen LogP contribution is -2.43. The number of aliphatic carboxylic acids is 1. The van der Waals surface area contributed by atoms with E-state index in [4.69, 9.17) is 4.74 Å². The zero-order valence-electron chi connectivity index (χ0n) is 13.6. The number of carbonyl (C=O) groups excluding carboxylic acids is 1. The fourth-order valence-corrected chi connectivity index (χ4v) is 3.06. The highest BCUT2D eigenvalue weighted by atomic mass is 16.5. The van der Waals surface area contributed by atoms with E-state index in [1.54, 1.807) is 12.0 Å². The predicted molar refractivity (Wildman–Crippen MR) is 81.1 cm³/mol. The molecule has 1 aliphatic rings. The van der Waals surface area contributed by atoms with Crippen molar-refractivity contribution < 1.29 is 19.4 Å². The van der Waals surface area contributed by atoms with E-state index in [2.05, 4.69) is 13.8 Å². The number of ether oxygens (including phenoxy) is 1. The number of nitrogens with zero attached hydrogens (tertiary/aromatic N) is 1. The van der Waals surface area contributed by atoms with Gasteiger partial charge >= 0.3 is 5.97 Å². The van der Waals surface area contributed by atoms with Crippen molar-refractivity contribution in [2.24, 2.45) is 11.3 Å². The number of carboxylic acid groups (broad SMARTS) is 1. The fraction of sp³-hybridized carbons (Fsp3) is 0.875. The molecule has 0 aliphatic heterocycles. The monoisotopic (exact) mass is 299 g/mol. The summed E-state index contributed by atoms with van der Waals surface area (Å²) in [5, 5.41) is 9.58. The Morgan fingerprint density at radius 2 is 1.86 bits per heavy atom. The second kappa shape index (κ2) is 8.37. The summed E-state index contributed by atoms with van der Waals surface area (Å²) >= 11 is 0. The third-order valence-corrected chi connectivity index (χ3v) is 4.26. The molecule has 0 unspecified atom stereocenters. The van der Waals surface area contributed by atoms with Crippen molar-refractivity contribution in [3.8, 4) is 0 Å². The summed E-state index contributed by atoms with van der Waals surface area (Å²) in [5.74, 6) is -0.505. The largest absolute Gasteiger partial charge is 0.481 e. The van der Waals surface area contributed by atoms with Gasteiger partial charge in [-0.25, -0.2) is 0 Å². The Hall–Kier alpha value is -1.10. The van der Waals surface area contributed by atoms with Crippen LogP contribution < -0.4 is 0 Å². The number of hydrogen-bond donors (Lipinski definition) is 1. The van der Waals surface area contributed by atoms with E-state index < -0.39 is 11.4 Å². The summed E-state index contributed by atoms with van der Waals surface area (Å²) in [6.07, 6.45) is 4.24. The molecular weight excluding hydrogens is 270 g/mol. The van der Waals surface area contributed by atoms with Gasteiger partial charge in [0.25, 0.3) is 0 Å². The van der Waals surface area contributed by atoms with Crippen molar-refractivity contribution in [3.05, 3.63) is 0 Å². The minimum absolute atomic E-state index is 0.0509. The lowest BCUT2D eigenvalue weighted by molar-refractivity contribution is -0.156. The fourth-order valence-electron chi connectivity index (χ4n) is 3.06. The Kier molecular flexibility index (Phi) is 7.15. The molecule has 0 spiro atoms. The Balaban J connectivity index is 2.74. The average Bonchev–Trinajstić information content (AvgIpc) is 2.43. The minimum atomic E-state index is -0.850. The molecule has 1 fully saturated rings. The van der Waals surface area contributed by atoms with Gasteiger partial charge in [-0.15, -0.1) is 0 Å². The lowest BCUT2D eigenvalue weighted by atomic mass is 9.71. The highest BCUT2D eigenvalue weighted by molar-refractivity contribution is 5.85. The highest BCUT2D eigenvalue weighted by Crippen LogP contribution is 2.40. The SMILES string of the molecule is COCCN(CC(C)C)C(=O)CC1(C(=O)O)CCCCC1. The molecule has 1 saturated carbocycles. The Labute approximate surface area is 127 Å². The van der Waals surface area contributed by atoms with Gasteiger partial charge in [0.2, 0.25) is 5.91 Å². The molecule has 0 aromatic rings. The summed E-state index contributed by atoms with van der Waals surface area (Å²) in [6.45, 7) is 5.78. The van der Waals surface area contributed by atoms with Crippen molar-refractivity contribution >= 4 is 11.9 Å². The van der Waals surface area contributed by atoms with Gasteiger partial charge in [0.1, 0.15) is 0 Å². The first-order valence-electron chi connectivity index (χ1n) is 7.91. The Bertz CT molecular complexity index is 348. The van der Waals surface area contributed by atoms with Crippen LogP contribution in [0.4, 0.5) is 0 Å². The summed E-state index contributed by atoms with van der Waals surface area (Å²) in [7, 11) is 1.61. The molecule has 0 atom stereocenters. The molecule has 1 N–H and O–H groups in total. The van der Waals surface area contributed by atoms with Crippen molar-refractivity contribution in [3.63, 3.8) is 0 Å². The van der Waals surface area contributed by atoms with Crippen molar-refractivity contribution in [2.45, 2.75) is 52.4 Å². The molecular formula is C16H29NO4. The predicted octanol–water partition coefficient (Wildman–Crippen LogP) is 2.54. The number of hydrogen-bond acceptors (Lipinski definition) is 3. The van der Waals surface area contributed by atoms with Crippen LogP contribution in [0.2, 0.25) is 0 Å². The topological polar surface area (TPSA) is 66.8 Å². The van der Waals surface area contributed by atoms with Gasteiger partial charge in [-0.1, -0.05) is 33.1 Å². The molecule has 5 heteroatoms. The van der Waals surface area contributed by atoms with Crippen LogP contribution in [0.15, 0.2) is 0 Å². The molecule has 1 rings (SSSR count). The first-order chi connectivity index (χ1) is 9.91. The third kappa shape index (κ3) is 5.30. The Morgan fingerprint density at radius 3 is 2.33 bits per heavy atom. The zero-order chi connectivity index (χ0) is 15.9. The number of carbonyl (C=O) groups is 2. The molecule has 0 saturated heterocycles. The zero-order valence-corrected chi connectivity index (χ0v) is 13.6. The molecule has 0 aromatic heterocycles. The summed E-state index contributed by atoms with van der Waals surface area (Å²) < 4.78 is 5.06. The van der Waals surface area contributed by atoms with Crippen LogP contribution >= 0.6 is 0 Å². The molecule has 21 heavy (non-hydrogen) atoms. The van der Waals surface area contributed by atoms with Crippen LogP contribution in [-0.4, -0.2) is 48.7 Å². The summed E-state index contributed by atoms with van der Waals surface area (Å²) in [5.41, 5.74) is -0.850. The Morgan fingerprint density at radius 1 is 1.24 bits per heavy atom. The summed E-state index contributed by atoms with van der Waals surface area (Å²) in [4.78, 5) is 26.0. The first kappa shape index (κ1) is 18.0. The van der Waals surface area contributed by atoms with Gasteiger partial charge in [0, 0.05) is 26.6 Å². The van der Waals surface area contributed by atoms with E-state index in [9.17, 15) is 14.7 Å². The quantitative estimate of drug-likeness (QED) is 0.748. The molecule has 122 valence electrons. The van der Waals surface area contributed by atoms with Crippen molar-refractivity contribution in [1.82, 2.24) is 4.90 Å². The molecule has 0 bridgehead atoms. The van der Waals surface area contributed by atoms with Crippen molar-refractivity contribution in [1.29, 1.82) is 0 Å². The number of rotatable bonds is 8. The minimum Gasteiger partial charge on any atom is -0.481 e. The molecule has 1 aliphatic carbocycles. The van der Waals surface area contributed by atoms with E-state index in [1.807, 2.05) is 0 Å². The molecule has 5 nitrogen and oxygen atoms in total. The van der Waals surface area contributed by atoms with Crippen LogP contribution in [0.1, 0.15) is 52.4 Å². The van der Waals surface area contributed by atoms with E-state index in [0.29, 0.717) is 38.5 Å². The van der Waals surface area contributed by atoms with Gasteiger partial charge in [-0.05, 0) is 18.8 Å². The number of methoxy groups -OCH3 is 1. The first-order valence-corrected chi connectivity index (χ1v) is 7.91. The van der Waals surface area contributed by atoms with Gasteiger partial charge in [0.05, 0.1) is 12.0 Å². The van der Waals surface area contributed by atoms with E-state index in [0.717, 1.165) is 19.3 Å². The van der Waals surface area contributed by atoms with Crippen LogP contribution in [-0.2, 0) is 14.3 Å². The maximum atomic E-state index is 12.6. The molecule has 1 amide bonds. The van der Waals surface area contributed by atoms with E-state index >= 15 is 0 Å². The molecule has 0 radical (unpaired) electrons. The van der Waals surface area contributed by atoms with Gasteiger partial charge in [-0.2, -0.15) is 0 Å². The van der Waals surface area contributed by atoms with Crippen molar-refractivity contribution in [2.75, 3.05) is 26.8 Å². The second-order valence-electron chi connectivity index (χ2n) is 6.55.